The highest BCUT2D eigenvalue weighted by Crippen LogP contribution is 2.36. The highest BCUT2D eigenvalue weighted by Gasteiger charge is 2.30. The fourth-order valence-electron chi connectivity index (χ4n) is 5.11. The van der Waals surface area contributed by atoms with Gasteiger partial charge in [-0.15, -0.1) is 0 Å². The van der Waals surface area contributed by atoms with Gasteiger partial charge in [-0.25, -0.2) is 17.9 Å². The molecule has 1 aliphatic carbocycles. The van der Waals surface area contributed by atoms with Crippen molar-refractivity contribution in [3.8, 4) is 11.5 Å². The van der Waals surface area contributed by atoms with Gasteiger partial charge in [0.1, 0.15) is 16.1 Å². The Labute approximate surface area is 221 Å². The molecule has 1 amide bonds. The summed E-state index contributed by atoms with van der Waals surface area (Å²) in [5.74, 6) is 0.0519. The van der Waals surface area contributed by atoms with Crippen molar-refractivity contribution in [3.05, 3.63) is 71.4 Å². The smallest absolute Gasteiger partial charge is 0.277 e. The lowest BCUT2D eigenvalue weighted by Gasteiger charge is -2.26. The lowest BCUT2D eigenvalue weighted by molar-refractivity contribution is 0.0787. The number of nitrogens with zero attached hydrogens (tertiary/aromatic N) is 3. The van der Waals surface area contributed by atoms with Gasteiger partial charge in [0.25, 0.3) is 5.91 Å². The highest BCUT2D eigenvalue weighted by atomic mass is 32.2. The summed E-state index contributed by atoms with van der Waals surface area (Å²) in [5.41, 5.74) is 3.28. The number of amides is 1. The first-order valence-electron chi connectivity index (χ1n) is 12.7. The standard InChI is InChI=1S/C28H32N4O5S/c1-17-6-5-7-19(12-17)27-30-25(16-37-27)26(33)29-24-14-20-13-23(31-32(20)15-22(24)28(2,3)34)18-8-10-21(11-9-18)38(4,35)36/h5-7,12-16,18,21,34H,8-11H2,1-4H3,(H,29,33). The molecule has 5 rings (SSSR count). The molecule has 0 aliphatic heterocycles. The lowest BCUT2D eigenvalue weighted by Crippen LogP contribution is -2.25. The number of hydrogen-bond acceptors (Lipinski definition) is 7. The normalized spacial score (nSPS) is 18.6. The fourth-order valence-corrected chi connectivity index (χ4v) is 6.24. The number of fused-ring (bicyclic) bond motifs is 1. The summed E-state index contributed by atoms with van der Waals surface area (Å²) in [5, 5.41) is 18.2. The average Bonchev–Trinajstić information content (AvgIpc) is 3.50. The van der Waals surface area contributed by atoms with Gasteiger partial charge in [-0.3, -0.25) is 4.79 Å². The number of carbonyl (C=O) groups is 1. The first kappa shape index (κ1) is 26.1. The molecule has 1 fully saturated rings. The molecule has 1 aliphatic rings. The third-order valence-electron chi connectivity index (χ3n) is 7.22. The van der Waals surface area contributed by atoms with Crippen LogP contribution in [0.2, 0.25) is 0 Å². The minimum Gasteiger partial charge on any atom is -0.444 e. The molecule has 0 spiro atoms. The SMILES string of the molecule is Cc1cccc(-c2nc(C(=O)Nc3cc4cc(C5CCC(S(C)(=O)=O)CC5)nn4cc3C(C)(C)O)co2)c1. The van der Waals surface area contributed by atoms with Crippen LogP contribution in [0.15, 0.2) is 53.3 Å². The Hall–Kier alpha value is -3.50. The quantitative estimate of drug-likeness (QED) is 0.361. The summed E-state index contributed by atoms with van der Waals surface area (Å²) in [4.78, 5) is 17.5. The Morgan fingerprint density at radius 1 is 1.16 bits per heavy atom. The average molecular weight is 537 g/mol. The minimum atomic E-state index is -3.04. The molecule has 2 N–H and O–H groups in total. The number of aromatic nitrogens is 3. The molecule has 10 heteroatoms. The van der Waals surface area contributed by atoms with Crippen molar-refractivity contribution in [2.75, 3.05) is 11.6 Å². The molecule has 1 saturated carbocycles. The summed E-state index contributed by atoms with van der Waals surface area (Å²) in [7, 11) is -3.04. The number of aliphatic hydroxyl groups is 1. The largest absolute Gasteiger partial charge is 0.444 e. The Morgan fingerprint density at radius 3 is 2.55 bits per heavy atom. The second-order valence-corrected chi connectivity index (χ2v) is 13.1. The molecule has 0 radical (unpaired) electrons. The molecular formula is C28H32N4O5S. The molecule has 3 heterocycles. The molecule has 200 valence electrons. The van der Waals surface area contributed by atoms with Gasteiger partial charge < -0.3 is 14.8 Å². The highest BCUT2D eigenvalue weighted by molar-refractivity contribution is 7.91. The van der Waals surface area contributed by atoms with Crippen LogP contribution in [0.3, 0.4) is 0 Å². The maximum absolute atomic E-state index is 13.1. The Morgan fingerprint density at radius 2 is 1.89 bits per heavy atom. The zero-order valence-electron chi connectivity index (χ0n) is 21.9. The van der Waals surface area contributed by atoms with E-state index in [0.29, 0.717) is 30.0 Å². The van der Waals surface area contributed by atoms with Gasteiger partial charge in [-0.05, 0) is 70.7 Å². The van der Waals surface area contributed by atoms with Crippen LogP contribution in [0.4, 0.5) is 5.69 Å². The summed E-state index contributed by atoms with van der Waals surface area (Å²) in [6, 6.07) is 11.4. The monoisotopic (exact) mass is 536 g/mol. The maximum atomic E-state index is 13.1. The fraction of sp³-hybridized carbons (Fsp3) is 0.393. The van der Waals surface area contributed by atoms with Crippen molar-refractivity contribution in [1.29, 1.82) is 0 Å². The summed E-state index contributed by atoms with van der Waals surface area (Å²) in [6.45, 7) is 5.26. The second-order valence-electron chi connectivity index (χ2n) is 10.8. The van der Waals surface area contributed by atoms with Crippen LogP contribution in [0, 0.1) is 6.92 Å². The van der Waals surface area contributed by atoms with Gasteiger partial charge in [-0.1, -0.05) is 17.7 Å². The zero-order chi connectivity index (χ0) is 27.2. The van der Waals surface area contributed by atoms with Crippen molar-refractivity contribution in [2.45, 2.75) is 63.2 Å². The lowest BCUT2D eigenvalue weighted by atomic mass is 9.86. The van der Waals surface area contributed by atoms with E-state index in [0.717, 1.165) is 35.2 Å². The van der Waals surface area contributed by atoms with Crippen LogP contribution in [0.5, 0.6) is 0 Å². The van der Waals surface area contributed by atoms with E-state index in [2.05, 4.69) is 10.3 Å². The summed E-state index contributed by atoms with van der Waals surface area (Å²) < 4.78 is 31.1. The molecule has 1 aromatic carbocycles. The van der Waals surface area contributed by atoms with Crippen LogP contribution in [-0.4, -0.2) is 45.5 Å². The third kappa shape index (κ3) is 5.37. The van der Waals surface area contributed by atoms with Gasteiger partial charge in [0, 0.05) is 29.5 Å². The van der Waals surface area contributed by atoms with E-state index in [1.807, 2.05) is 37.3 Å². The van der Waals surface area contributed by atoms with Crippen LogP contribution in [0.1, 0.15) is 72.8 Å². The van der Waals surface area contributed by atoms with Crippen LogP contribution < -0.4 is 5.32 Å². The Balaban J connectivity index is 1.41. The first-order valence-corrected chi connectivity index (χ1v) is 14.6. The molecule has 0 unspecified atom stereocenters. The number of oxazole rings is 1. The van der Waals surface area contributed by atoms with E-state index >= 15 is 0 Å². The van der Waals surface area contributed by atoms with E-state index in [1.54, 1.807) is 30.6 Å². The van der Waals surface area contributed by atoms with Gasteiger partial charge in [0.15, 0.2) is 5.69 Å². The van der Waals surface area contributed by atoms with Crippen molar-refractivity contribution in [2.24, 2.45) is 0 Å². The molecule has 38 heavy (non-hydrogen) atoms. The van der Waals surface area contributed by atoms with E-state index in [9.17, 15) is 18.3 Å². The van der Waals surface area contributed by atoms with Crippen molar-refractivity contribution >= 4 is 26.9 Å². The van der Waals surface area contributed by atoms with E-state index < -0.39 is 21.3 Å². The predicted octanol–water partition coefficient (Wildman–Crippen LogP) is 4.85. The van der Waals surface area contributed by atoms with Crippen molar-refractivity contribution in [1.82, 2.24) is 14.6 Å². The number of carbonyl (C=O) groups excluding carboxylic acids is 1. The molecule has 0 bridgehead atoms. The second kappa shape index (κ2) is 9.67. The molecule has 3 aromatic heterocycles. The van der Waals surface area contributed by atoms with Crippen LogP contribution in [0.25, 0.3) is 17.0 Å². The van der Waals surface area contributed by atoms with Gasteiger partial charge >= 0.3 is 0 Å². The van der Waals surface area contributed by atoms with Crippen LogP contribution in [-0.2, 0) is 15.4 Å². The topological polar surface area (TPSA) is 127 Å². The Kier molecular flexibility index (Phi) is 6.65. The Bertz CT molecular complexity index is 1610. The van der Waals surface area contributed by atoms with E-state index in [1.165, 1.54) is 12.5 Å². The van der Waals surface area contributed by atoms with Gasteiger partial charge in [0.05, 0.1) is 27.7 Å². The number of hydrogen-bond donors (Lipinski definition) is 2. The molecule has 0 saturated heterocycles. The zero-order valence-corrected chi connectivity index (χ0v) is 22.7. The van der Waals surface area contributed by atoms with Gasteiger partial charge in [0.2, 0.25) is 5.89 Å². The van der Waals surface area contributed by atoms with Crippen molar-refractivity contribution < 1.29 is 22.7 Å². The molecular weight excluding hydrogens is 504 g/mol. The van der Waals surface area contributed by atoms with E-state index in [4.69, 9.17) is 9.52 Å². The van der Waals surface area contributed by atoms with Gasteiger partial charge in [-0.2, -0.15) is 5.10 Å². The number of nitrogens with one attached hydrogen (secondary N) is 1. The number of aryl methyl sites for hydroxylation is 1. The number of anilines is 1. The molecule has 9 nitrogen and oxygen atoms in total. The predicted molar refractivity (Wildman–Crippen MR) is 145 cm³/mol. The third-order valence-corrected chi connectivity index (χ3v) is 8.91. The van der Waals surface area contributed by atoms with Crippen LogP contribution >= 0.6 is 0 Å². The number of pyridine rings is 1. The number of rotatable bonds is 6. The number of benzene rings is 1. The van der Waals surface area contributed by atoms with Crippen molar-refractivity contribution in [3.63, 3.8) is 0 Å². The first-order chi connectivity index (χ1) is 17.9. The minimum absolute atomic E-state index is 0.125. The summed E-state index contributed by atoms with van der Waals surface area (Å²) in [6.07, 6.45) is 7.08. The molecule has 4 aromatic rings. The maximum Gasteiger partial charge on any atom is 0.277 e. The number of sulfone groups is 1. The summed E-state index contributed by atoms with van der Waals surface area (Å²) >= 11 is 0. The molecule has 0 atom stereocenters. The van der Waals surface area contributed by atoms with E-state index in [-0.39, 0.29) is 16.9 Å².